The molecule has 0 bridgehead atoms. The number of rotatable bonds is 6. The molecule has 0 spiro atoms. The van der Waals surface area contributed by atoms with Gasteiger partial charge in [0.25, 0.3) is 5.97 Å². The highest BCUT2D eigenvalue weighted by Crippen LogP contribution is 2.30. The van der Waals surface area contributed by atoms with Crippen LogP contribution < -0.4 is 4.74 Å². The average molecular weight is 254 g/mol. The smallest absolute Gasteiger partial charge is 0.286 e. The predicted molar refractivity (Wildman–Crippen MR) is 69.9 cm³/mol. The summed E-state index contributed by atoms with van der Waals surface area (Å²) in [7, 11) is 6.33. The Balaban J connectivity index is 3.16. The fraction of sp³-hybridized carbons (Fsp3) is 0.571. The van der Waals surface area contributed by atoms with Gasteiger partial charge in [-0.2, -0.15) is 0 Å². The lowest BCUT2D eigenvalue weighted by atomic mass is 10.0. The number of benzene rings is 1. The zero-order valence-electron chi connectivity index (χ0n) is 12.0. The third kappa shape index (κ3) is 3.02. The van der Waals surface area contributed by atoms with E-state index in [0.717, 1.165) is 16.9 Å². The van der Waals surface area contributed by atoms with Crippen molar-refractivity contribution in [2.24, 2.45) is 0 Å². The first kappa shape index (κ1) is 15.0. The molecule has 0 atom stereocenters. The zero-order valence-corrected chi connectivity index (χ0v) is 12.0. The van der Waals surface area contributed by atoms with E-state index in [9.17, 15) is 0 Å². The van der Waals surface area contributed by atoms with Crippen LogP contribution in [0.4, 0.5) is 0 Å². The normalized spacial score (nSPS) is 11.7. The summed E-state index contributed by atoms with van der Waals surface area (Å²) in [5.41, 5.74) is 3.26. The van der Waals surface area contributed by atoms with Crippen LogP contribution in [-0.2, 0) is 20.6 Å². The largest absolute Gasteiger partial charge is 0.496 e. The molecule has 0 heterocycles. The Labute approximate surface area is 109 Å². The van der Waals surface area contributed by atoms with Crippen molar-refractivity contribution in [1.82, 2.24) is 0 Å². The first-order valence-corrected chi connectivity index (χ1v) is 5.81. The maximum atomic E-state index is 5.44. The Morgan fingerprint density at radius 1 is 0.944 bits per heavy atom. The minimum Gasteiger partial charge on any atom is -0.496 e. The van der Waals surface area contributed by atoms with Crippen LogP contribution in [0.25, 0.3) is 0 Å². The summed E-state index contributed by atoms with van der Waals surface area (Å²) in [5.74, 6) is -0.232. The van der Waals surface area contributed by atoms with E-state index in [1.54, 1.807) is 28.4 Å². The lowest BCUT2D eigenvalue weighted by Crippen LogP contribution is -2.38. The molecule has 1 aromatic rings. The van der Waals surface area contributed by atoms with E-state index in [4.69, 9.17) is 18.9 Å². The maximum absolute atomic E-state index is 5.44. The fourth-order valence-electron chi connectivity index (χ4n) is 2.17. The van der Waals surface area contributed by atoms with E-state index >= 15 is 0 Å². The topological polar surface area (TPSA) is 36.9 Å². The molecule has 0 radical (unpaired) electrons. The quantitative estimate of drug-likeness (QED) is 0.731. The van der Waals surface area contributed by atoms with Gasteiger partial charge in [-0.1, -0.05) is 17.7 Å². The molecule has 1 rings (SSSR count). The second-order valence-corrected chi connectivity index (χ2v) is 4.25. The van der Waals surface area contributed by atoms with Gasteiger partial charge in [-0.15, -0.1) is 0 Å². The third-order valence-electron chi connectivity index (χ3n) is 3.04. The molecule has 0 amide bonds. The molecular formula is C14H22O4. The molecule has 102 valence electrons. The van der Waals surface area contributed by atoms with Gasteiger partial charge in [0, 0.05) is 26.9 Å². The number of methoxy groups -OCH3 is 4. The monoisotopic (exact) mass is 254 g/mol. The SMILES string of the molecule is COc1c(C)cc(C)cc1CC(OC)(OC)OC. The molecular weight excluding hydrogens is 232 g/mol. The van der Waals surface area contributed by atoms with E-state index in [1.807, 2.05) is 13.8 Å². The van der Waals surface area contributed by atoms with E-state index in [1.165, 1.54) is 5.56 Å². The molecule has 18 heavy (non-hydrogen) atoms. The highest BCUT2D eigenvalue weighted by Gasteiger charge is 2.31. The van der Waals surface area contributed by atoms with Crippen molar-refractivity contribution in [3.8, 4) is 5.75 Å². The maximum Gasteiger partial charge on any atom is 0.286 e. The Kier molecular flexibility index (Phi) is 5.14. The second kappa shape index (κ2) is 6.18. The van der Waals surface area contributed by atoms with Crippen molar-refractivity contribution in [3.05, 3.63) is 28.8 Å². The molecule has 1 aromatic carbocycles. The highest BCUT2D eigenvalue weighted by molar-refractivity contribution is 5.44. The van der Waals surface area contributed by atoms with Crippen LogP contribution >= 0.6 is 0 Å². The summed E-state index contributed by atoms with van der Waals surface area (Å²) in [5, 5.41) is 0. The van der Waals surface area contributed by atoms with Gasteiger partial charge in [0.05, 0.1) is 13.5 Å². The lowest BCUT2D eigenvalue weighted by molar-refractivity contribution is -0.351. The molecule has 0 aliphatic heterocycles. The van der Waals surface area contributed by atoms with Gasteiger partial charge in [0.1, 0.15) is 5.75 Å². The average Bonchev–Trinajstić information content (AvgIpc) is 2.35. The molecule has 4 heteroatoms. The van der Waals surface area contributed by atoms with Gasteiger partial charge >= 0.3 is 0 Å². The zero-order chi connectivity index (χ0) is 13.8. The van der Waals surface area contributed by atoms with Gasteiger partial charge in [-0.25, -0.2) is 0 Å². The summed E-state index contributed by atoms with van der Waals surface area (Å²) in [6.07, 6.45) is 0.461. The molecule has 0 aliphatic carbocycles. The van der Waals surface area contributed by atoms with Gasteiger partial charge in [-0.05, 0) is 19.4 Å². The van der Waals surface area contributed by atoms with Crippen LogP contribution in [0.5, 0.6) is 5.75 Å². The summed E-state index contributed by atoms with van der Waals surface area (Å²) >= 11 is 0. The van der Waals surface area contributed by atoms with Gasteiger partial charge in [-0.3, -0.25) is 0 Å². The summed E-state index contributed by atoms with van der Waals surface area (Å²) in [6, 6.07) is 4.13. The first-order chi connectivity index (χ1) is 8.51. The van der Waals surface area contributed by atoms with Crippen LogP contribution in [-0.4, -0.2) is 34.4 Å². The molecule has 0 saturated carbocycles. The van der Waals surface area contributed by atoms with Crippen LogP contribution in [0.15, 0.2) is 12.1 Å². The van der Waals surface area contributed by atoms with E-state index in [2.05, 4.69) is 12.1 Å². The highest BCUT2D eigenvalue weighted by atomic mass is 16.9. The van der Waals surface area contributed by atoms with Crippen molar-refractivity contribution < 1.29 is 18.9 Å². The third-order valence-corrected chi connectivity index (χ3v) is 3.04. The van der Waals surface area contributed by atoms with Crippen LogP contribution in [0, 0.1) is 13.8 Å². The van der Waals surface area contributed by atoms with Gasteiger partial charge < -0.3 is 18.9 Å². The van der Waals surface area contributed by atoms with Crippen molar-refractivity contribution in [2.75, 3.05) is 28.4 Å². The molecule has 0 saturated heterocycles. The Bertz CT molecular complexity index is 389. The molecule has 4 nitrogen and oxygen atoms in total. The fourth-order valence-corrected chi connectivity index (χ4v) is 2.17. The Morgan fingerprint density at radius 3 is 1.94 bits per heavy atom. The minimum absolute atomic E-state index is 0.461. The van der Waals surface area contributed by atoms with Crippen molar-refractivity contribution in [2.45, 2.75) is 26.2 Å². The number of aryl methyl sites for hydroxylation is 2. The predicted octanol–water partition coefficient (Wildman–Crippen LogP) is 2.45. The van der Waals surface area contributed by atoms with Crippen molar-refractivity contribution >= 4 is 0 Å². The van der Waals surface area contributed by atoms with Gasteiger partial charge in [0.15, 0.2) is 0 Å². The number of hydrogen-bond acceptors (Lipinski definition) is 4. The summed E-state index contributed by atoms with van der Waals surface area (Å²) in [4.78, 5) is 0. The van der Waals surface area contributed by atoms with Crippen LogP contribution in [0.2, 0.25) is 0 Å². The van der Waals surface area contributed by atoms with Crippen molar-refractivity contribution in [3.63, 3.8) is 0 Å². The molecule has 0 aromatic heterocycles. The van der Waals surface area contributed by atoms with Crippen LogP contribution in [0.1, 0.15) is 16.7 Å². The second-order valence-electron chi connectivity index (χ2n) is 4.25. The van der Waals surface area contributed by atoms with Gasteiger partial charge in [0.2, 0.25) is 0 Å². The Morgan fingerprint density at radius 2 is 1.50 bits per heavy atom. The van der Waals surface area contributed by atoms with Crippen molar-refractivity contribution in [1.29, 1.82) is 0 Å². The summed E-state index contributed by atoms with van der Waals surface area (Å²) < 4.78 is 21.4. The number of hydrogen-bond donors (Lipinski definition) is 0. The Hall–Kier alpha value is -1.10. The summed E-state index contributed by atoms with van der Waals surface area (Å²) in [6.45, 7) is 4.06. The molecule has 0 fully saturated rings. The standard InChI is InChI=1S/C14H22O4/c1-10-7-11(2)13(15-3)12(8-10)9-14(16-4,17-5)18-6/h7-8H,9H2,1-6H3. The first-order valence-electron chi connectivity index (χ1n) is 5.81. The van der Waals surface area contributed by atoms with E-state index < -0.39 is 5.97 Å². The van der Waals surface area contributed by atoms with E-state index in [-0.39, 0.29) is 0 Å². The lowest BCUT2D eigenvalue weighted by Gasteiger charge is -2.29. The number of ether oxygens (including phenoxy) is 4. The molecule has 0 unspecified atom stereocenters. The molecule has 0 N–H and O–H groups in total. The minimum atomic E-state index is -1.08. The van der Waals surface area contributed by atoms with Crippen LogP contribution in [0.3, 0.4) is 0 Å². The molecule has 0 aliphatic rings. The van der Waals surface area contributed by atoms with E-state index in [0.29, 0.717) is 6.42 Å².